The van der Waals surface area contributed by atoms with Crippen molar-refractivity contribution in [2.24, 2.45) is 10.2 Å². The van der Waals surface area contributed by atoms with E-state index in [0.717, 1.165) is 17.9 Å². The van der Waals surface area contributed by atoms with Crippen molar-refractivity contribution in [2.75, 3.05) is 11.4 Å². The van der Waals surface area contributed by atoms with Gasteiger partial charge in [0.15, 0.2) is 0 Å². The molecule has 0 radical (unpaired) electrons. The number of nitriles is 1. The summed E-state index contributed by atoms with van der Waals surface area (Å²) in [7, 11) is 0. The van der Waals surface area contributed by atoms with Gasteiger partial charge < -0.3 is 4.90 Å². The van der Waals surface area contributed by atoms with Crippen molar-refractivity contribution in [3.8, 4) is 6.07 Å². The van der Waals surface area contributed by atoms with Gasteiger partial charge in [0.05, 0.1) is 23.0 Å². The Kier molecular flexibility index (Phi) is 5.26. The maximum atomic E-state index is 8.76. The van der Waals surface area contributed by atoms with Crippen molar-refractivity contribution in [1.29, 1.82) is 5.26 Å². The molecule has 0 aliphatic carbocycles. The zero-order chi connectivity index (χ0) is 15.9. The molecule has 2 aromatic rings. The molecule has 112 valence electrons. The molecule has 0 bridgehead atoms. The van der Waals surface area contributed by atoms with Crippen LogP contribution in [0.25, 0.3) is 0 Å². The molecule has 0 atom stereocenters. The van der Waals surface area contributed by atoms with Gasteiger partial charge in [-0.3, -0.25) is 0 Å². The zero-order valence-corrected chi connectivity index (χ0v) is 13.2. The lowest BCUT2D eigenvalue weighted by Gasteiger charge is -2.27. The first kappa shape index (κ1) is 15.7. The minimum atomic E-state index is 0.469. The van der Waals surface area contributed by atoms with Gasteiger partial charge in [0.2, 0.25) is 0 Å². The third-order valence-corrected chi connectivity index (χ3v) is 3.42. The van der Waals surface area contributed by atoms with Crippen LogP contribution in [0.15, 0.2) is 58.8 Å². The van der Waals surface area contributed by atoms with Gasteiger partial charge in [-0.15, -0.1) is 0 Å². The predicted octanol–water partition coefficient (Wildman–Crippen LogP) is 5.21. The number of hydrogen-bond donors (Lipinski definition) is 0. The van der Waals surface area contributed by atoms with E-state index < -0.39 is 0 Å². The Labute approximate surface area is 131 Å². The number of benzene rings is 2. The molecule has 0 aliphatic rings. The molecule has 2 aromatic carbocycles. The monoisotopic (exact) mass is 292 g/mol. The van der Waals surface area contributed by atoms with E-state index in [-0.39, 0.29) is 0 Å². The number of nitrogens with zero attached hydrogens (tertiary/aromatic N) is 4. The standard InChI is InChI=1S/C18H20N4/c1-4-22(14(2)3)18-11-9-17(10-12-18)21-20-16-7-5-15(13-19)6-8-16/h5-12,14H,4H2,1-3H3. The van der Waals surface area contributed by atoms with Crippen molar-refractivity contribution >= 4 is 17.1 Å². The van der Waals surface area contributed by atoms with Crippen molar-refractivity contribution < 1.29 is 0 Å². The fourth-order valence-electron chi connectivity index (χ4n) is 2.27. The molecule has 0 unspecified atom stereocenters. The number of anilines is 1. The Bertz CT molecular complexity index is 664. The molecule has 2 rings (SSSR count). The molecule has 22 heavy (non-hydrogen) atoms. The topological polar surface area (TPSA) is 51.8 Å². The van der Waals surface area contributed by atoms with Gasteiger partial charge in [0.25, 0.3) is 0 Å². The van der Waals surface area contributed by atoms with E-state index in [1.807, 2.05) is 12.1 Å². The summed E-state index contributed by atoms with van der Waals surface area (Å²) in [5.41, 5.74) is 3.36. The maximum Gasteiger partial charge on any atom is 0.0991 e. The van der Waals surface area contributed by atoms with E-state index in [9.17, 15) is 0 Å². The summed E-state index contributed by atoms with van der Waals surface area (Å²) in [5.74, 6) is 0. The van der Waals surface area contributed by atoms with Crippen LogP contribution in [0.5, 0.6) is 0 Å². The lowest BCUT2D eigenvalue weighted by molar-refractivity contribution is 0.704. The molecule has 0 spiro atoms. The first-order chi connectivity index (χ1) is 10.6. The minimum Gasteiger partial charge on any atom is -0.369 e. The van der Waals surface area contributed by atoms with E-state index in [4.69, 9.17) is 5.26 Å². The molecule has 0 saturated carbocycles. The highest BCUT2D eigenvalue weighted by Gasteiger charge is 2.07. The van der Waals surface area contributed by atoms with Gasteiger partial charge in [-0.05, 0) is 69.3 Å². The molecule has 0 heterocycles. The maximum absolute atomic E-state index is 8.76. The summed E-state index contributed by atoms with van der Waals surface area (Å²) >= 11 is 0. The van der Waals surface area contributed by atoms with Gasteiger partial charge in [-0.2, -0.15) is 15.5 Å². The van der Waals surface area contributed by atoms with E-state index in [1.165, 1.54) is 5.69 Å². The van der Waals surface area contributed by atoms with E-state index in [1.54, 1.807) is 24.3 Å². The Balaban J connectivity index is 2.10. The predicted molar refractivity (Wildman–Crippen MR) is 89.9 cm³/mol. The van der Waals surface area contributed by atoms with Crippen LogP contribution in [0.1, 0.15) is 26.3 Å². The van der Waals surface area contributed by atoms with Gasteiger partial charge in [-0.1, -0.05) is 0 Å². The quantitative estimate of drug-likeness (QED) is 0.710. The van der Waals surface area contributed by atoms with Gasteiger partial charge in [-0.25, -0.2) is 0 Å². The zero-order valence-electron chi connectivity index (χ0n) is 13.2. The number of hydrogen-bond acceptors (Lipinski definition) is 4. The van der Waals surface area contributed by atoms with Crippen LogP contribution in [0, 0.1) is 11.3 Å². The lowest BCUT2D eigenvalue weighted by atomic mass is 10.2. The Morgan fingerprint density at radius 1 is 0.955 bits per heavy atom. The molecule has 0 fully saturated rings. The summed E-state index contributed by atoms with van der Waals surface area (Å²) in [4.78, 5) is 2.32. The molecule has 4 nitrogen and oxygen atoms in total. The average Bonchev–Trinajstić information content (AvgIpc) is 2.55. The third kappa shape index (κ3) is 3.92. The summed E-state index contributed by atoms with van der Waals surface area (Å²) in [6.45, 7) is 7.49. The lowest BCUT2D eigenvalue weighted by Crippen LogP contribution is -2.30. The van der Waals surface area contributed by atoms with Crippen molar-refractivity contribution in [3.63, 3.8) is 0 Å². The average molecular weight is 292 g/mol. The van der Waals surface area contributed by atoms with Gasteiger partial charge >= 0.3 is 0 Å². The second-order valence-electron chi connectivity index (χ2n) is 5.25. The fourth-order valence-corrected chi connectivity index (χ4v) is 2.27. The molecular formula is C18H20N4. The fraction of sp³-hybridized carbons (Fsp3) is 0.278. The summed E-state index contributed by atoms with van der Waals surface area (Å²) < 4.78 is 0. The van der Waals surface area contributed by atoms with Crippen LogP contribution in [0.3, 0.4) is 0 Å². The highest BCUT2D eigenvalue weighted by molar-refractivity contribution is 5.53. The first-order valence-electron chi connectivity index (χ1n) is 7.42. The number of azo groups is 1. The van der Waals surface area contributed by atoms with E-state index >= 15 is 0 Å². The van der Waals surface area contributed by atoms with Crippen LogP contribution < -0.4 is 4.90 Å². The molecule has 0 aliphatic heterocycles. The smallest absolute Gasteiger partial charge is 0.0991 e. The summed E-state index contributed by atoms with van der Waals surface area (Å²) in [6, 6.07) is 17.7. The molecule has 4 heteroatoms. The first-order valence-corrected chi connectivity index (χ1v) is 7.42. The van der Waals surface area contributed by atoms with Gasteiger partial charge in [0.1, 0.15) is 0 Å². The highest BCUT2D eigenvalue weighted by Crippen LogP contribution is 2.23. The molecule has 0 N–H and O–H groups in total. The second-order valence-corrected chi connectivity index (χ2v) is 5.25. The Hall–Kier alpha value is -2.67. The van der Waals surface area contributed by atoms with Crippen LogP contribution in [-0.2, 0) is 0 Å². The van der Waals surface area contributed by atoms with E-state index in [2.05, 4.69) is 54.1 Å². The van der Waals surface area contributed by atoms with Crippen molar-refractivity contribution in [3.05, 3.63) is 54.1 Å². The Morgan fingerprint density at radius 2 is 1.45 bits per heavy atom. The van der Waals surface area contributed by atoms with E-state index in [0.29, 0.717) is 11.6 Å². The third-order valence-electron chi connectivity index (χ3n) is 3.42. The van der Waals surface area contributed by atoms with Crippen LogP contribution in [-0.4, -0.2) is 12.6 Å². The highest BCUT2D eigenvalue weighted by atomic mass is 15.1. The largest absolute Gasteiger partial charge is 0.369 e. The minimum absolute atomic E-state index is 0.469. The van der Waals surface area contributed by atoms with Crippen LogP contribution in [0.2, 0.25) is 0 Å². The normalized spacial score (nSPS) is 10.9. The Morgan fingerprint density at radius 3 is 1.86 bits per heavy atom. The summed E-state index contributed by atoms with van der Waals surface area (Å²) in [5, 5.41) is 17.2. The molecule has 0 saturated heterocycles. The van der Waals surface area contributed by atoms with Crippen LogP contribution in [0.4, 0.5) is 17.1 Å². The van der Waals surface area contributed by atoms with Gasteiger partial charge in [0, 0.05) is 18.3 Å². The number of rotatable bonds is 5. The SMILES string of the molecule is CCN(c1ccc(N=Nc2ccc(C#N)cc2)cc1)C(C)C. The van der Waals surface area contributed by atoms with Crippen LogP contribution >= 0.6 is 0 Å². The van der Waals surface area contributed by atoms with Crippen molar-refractivity contribution in [1.82, 2.24) is 0 Å². The molecule has 0 aromatic heterocycles. The molecular weight excluding hydrogens is 272 g/mol. The summed E-state index contributed by atoms with van der Waals surface area (Å²) in [6.07, 6.45) is 0. The molecule has 0 amide bonds. The van der Waals surface area contributed by atoms with Crippen molar-refractivity contribution in [2.45, 2.75) is 26.8 Å². The second kappa shape index (κ2) is 7.37.